The van der Waals surface area contributed by atoms with E-state index in [9.17, 15) is 22.8 Å². The van der Waals surface area contributed by atoms with Crippen LogP contribution in [0.3, 0.4) is 0 Å². The van der Waals surface area contributed by atoms with E-state index in [4.69, 9.17) is 11.6 Å². The Labute approximate surface area is 172 Å². The van der Waals surface area contributed by atoms with Crippen molar-refractivity contribution in [2.45, 2.75) is 19.1 Å². The van der Waals surface area contributed by atoms with Gasteiger partial charge in [0.2, 0.25) is 11.8 Å². The van der Waals surface area contributed by atoms with Gasteiger partial charge in [-0.15, -0.1) is 6.58 Å². The summed E-state index contributed by atoms with van der Waals surface area (Å²) < 4.78 is 38.9. The highest BCUT2D eigenvalue weighted by atomic mass is 35.5. The largest absolute Gasteiger partial charge is 0.417 e. The molecule has 2 amide bonds. The second-order valence-corrected chi connectivity index (χ2v) is 7.17. The van der Waals surface area contributed by atoms with Crippen molar-refractivity contribution in [3.63, 3.8) is 0 Å². The Balaban J connectivity index is 1.88. The van der Waals surface area contributed by atoms with E-state index < -0.39 is 28.7 Å². The van der Waals surface area contributed by atoms with Crippen molar-refractivity contribution in [1.29, 1.82) is 0 Å². The molecule has 1 saturated heterocycles. The van der Waals surface area contributed by atoms with Crippen LogP contribution in [0, 0.1) is 0 Å². The van der Waals surface area contributed by atoms with Crippen LogP contribution in [0.4, 0.5) is 18.9 Å². The van der Waals surface area contributed by atoms with Crippen LogP contribution in [0.2, 0.25) is 5.02 Å². The maximum absolute atomic E-state index is 13.0. The molecular weight excluding hydrogens is 409 g/mol. The second kappa shape index (κ2) is 10.1. The van der Waals surface area contributed by atoms with Crippen molar-refractivity contribution in [1.82, 2.24) is 15.1 Å². The van der Waals surface area contributed by atoms with E-state index in [0.29, 0.717) is 32.7 Å². The first-order chi connectivity index (χ1) is 13.6. The van der Waals surface area contributed by atoms with Crippen LogP contribution in [0.1, 0.15) is 12.5 Å². The zero-order valence-corrected chi connectivity index (χ0v) is 16.8. The van der Waals surface area contributed by atoms with Gasteiger partial charge >= 0.3 is 6.18 Å². The Kier molecular flexibility index (Phi) is 8.06. The average Bonchev–Trinajstić information content (AvgIpc) is 2.67. The van der Waals surface area contributed by atoms with E-state index in [-0.39, 0.29) is 18.1 Å². The third-order valence-corrected chi connectivity index (χ3v) is 5.01. The molecule has 1 fully saturated rings. The molecule has 0 spiro atoms. The normalized spacial score (nSPS) is 16.9. The number of nitrogens with zero attached hydrogens (tertiary/aromatic N) is 2. The van der Waals surface area contributed by atoms with Gasteiger partial charge in [0.25, 0.3) is 0 Å². The summed E-state index contributed by atoms with van der Waals surface area (Å²) >= 11 is 5.60. The zero-order chi connectivity index (χ0) is 21.6. The van der Waals surface area contributed by atoms with Gasteiger partial charge in [-0.2, -0.15) is 13.2 Å². The number of carbonyl (C=O) groups excluding carboxylic acids is 2. The topological polar surface area (TPSA) is 64.7 Å². The lowest BCUT2D eigenvalue weighted by molar-refractivity contribution is -0.137. The number of amides is 2. The van der Waals surface area contributed by atoms with Crippen molar-refractivity contribution < 1.29 is 22.8 Å². The number of anilines is 1. The standard InChI is InChI=1S/C19H24ClF3N4O2/c1-3-6-24-17(28)12-26-7-9-27(10-8-26)13(2)18(29)25-14-4-5-16(20)15(11-14)19(21,22)23/h3-5,11,13H,1,6-10,12H2,2H3,(H,24,28)(H,25,29). The van der Waals surface area contributed by atoms with E-state index in [1.807, 2.05) is 9.80 Å². The smallest absolute Gasteiger partial charge is 0.352 e. The molecule has 1 heterocycles. The SMILES string of the molecule is C=CCNC(=O)CN1CCN(C(C)C(=O)Nc2ccc(Cl)c(C(F)(F)F)c2)CC1. The number of benzene rings is 1. The molecule has 1 unspecified atom stereocenters. The molecule has 2 rings (SSSR count). The Hall–Kier alpha value is -2.10. The Morgan fingerprint density at radius 3 is 2.52 bits per heavy atom. The fraction of sp³-hybridized carbons (Fsp3) is 0.474. The maximum atomic E-state index is 13.0. The summed E-state index contributed by atoms with van der Waals surface area (Å²) in [5.41, 5.74) is -0.955. The lowest BCUT2D eigenvalue weighted by Gasteiger charge is -2.37. The second-order valence-electron chi connectivity index (χ2n) is 6.76. The van der Waals surface area contributed by atoms with Crippen molar-refractivity contribution in [2.75, 3.05) is 44.6 Å². The van der Waals surface area contributed by atoms with Crippen LogP contribution in [-0.2, 0) is 15.8 Å². The highest BCUT2D eigenvalue weighted by Crippen LogP contribution is 2.36. The molecule has 1 aromatic carbocycles. The van der Waals surface area contributed by atoms with Crippen LogP contribution >= 0.6 is 11.6 Å². The summed E-state index contributed by atoms with van der Waals surface area (Å²) in [5, 5.41) is 4.81. The molecule has 29 heavy (non-hydrogen) atoms. The molecule has 0 aliphatic carbocycles. The van der Waals surface area contributed by atoms with Crippen molar-refractivity contribution in [2.24, 2.45) is 0 Å². The predicted octanol–water partition coefficient (Wildman–Crippen LogP) is 2.61. The summed E-state index contributed by atoms with van der Waals surface area (Å²) in [7, 11) is 0. The highest BCUT2D eigenvalue weighted by Gasteiger charge is 2.34. The molecule has 0 bridgehead atoms. The van der Waals surface area contributed by atoms with Crippen LogP contribution in [0.25, 0.3) is 0 Å². The van der Waals surface area contributed by atoms with E-state index in [2.05, 4.69) is 17.2 Å². The summed E-state index contributed by atoms with van der Waals surface area (Å²) in [6, 6.07) is 2.74. The summed E-state index contributed by atoms with van der Waals surface area (Å²) in [6.45, 7) is 8.28. The number of piperazine rings is 1. The molecule has 6 nitrogen and oxygen atoms in total. The van der Waals surface area contributed by atoms with Crippen LogP contribution in [-0.4, -0.2) is 66.9 Å². The molecule has 0 radical (unpaired) electrons. The Bertz CT molecular complexity index is 749. The first kappa shape index (κ1) is 23.2. The minimum atomic E-state index is -4.60. The Morgan fingerprint density at radius 1 is 1.28 bits per heavy atom. The number of hydrogen-bond donors (Lipinski definition) is 2. The van der Waals surface area contributed by atoms with Gasteiger partial charge in [-0.3, -0.25) is 19.4 Å². The molecule has 0 saturated carbocycles. The average molecular weight is 433 g/mol. The van der Waals surface area contributed by atoms with Crippen molar-refractivity contribution in [3.05, 3.63) is 41.4 Å². The molecule has 0 aromatic heterocycles. The van der Waals surface area contributed by atoms with Gasteiger partial charge in [-0.1, -0.05) is 17.7 Å². The van der Waals surface area contributed by atoms with E-state index >= 15 is 0 Å². The van der Waals surface area contributed by atoms with Gasteiger partial charge in [-0.05, 0) is 25.1 Å². The lowest BCUT2D eigenvalue weighted by atomic mass is 10.1. The van der Waals surface area contributed by atoms with Crippen molar-refractivity contribution >= 4 is 29.1 Å². The molecule has 10 heteroatoms. The van der Waals surface area contributed by atoms with Gasteiger partial charge < -0.3 is 10.6 Å². The number of rotatable bonds is 7. The monoisotopic (exact) mass is 432 g/mol. The van der Waals surface area contributed by atoms with Gasteiger partial charge in [0.1, 0.15) is 0 Å². The van der Waals surface area contributed by atoms with Crippen LogP contribution < -0.4 is 10.6 Å². The minimum Gasteiger partial charge on any atom is -0.352 e. The summed E-state index contributed by atoms with van der Waals surface area (Å²) in [6.07, 6.45) is -2.99. The summed E-state index contributed by atoms with van der Waals surface area (Å²) in [4.78, 5) is 28.1. The van der Waals surface area contributed by atoms with Crippen LogP contribution in [0.15, 0.2) is 30.9 Å². The minimum absolute atomic E-state index is 0.0381. The Morgan fingerprint density at radius 2 is 1.93 bits per heavy atom. The zero-order valence-electron chi connectivity index (χ0n) is 16.1. The molecule has 160 valence electrons. The fourth-order valence-electron chi connectivity index (χ4n) is 2.99. The van der Waals surface area contributed by atoms with Gasteiger partial charge in [-0.25, -0.2) is 0 Å². The number of alkyl halides is 3. The van der Waals surface area contributed by atoms with Gasteiger partial charge in [0.15, 0.2) is 0 Å². The molecule has 2 N–H and O–H groups in total. The molecular formula is C19H24ClF3N4O2. The number of hydrogen-bond acceptors (Lipinski definition) is 4. The van der Waals surface area contributed by atoms with E-state index in [1.54, 1.807) is 13.0 Å². The first-order valence-corrected chi connectivity index (χ1v) is 9.51. The quantitative estimate of drug-likeness (QED) is 0.650. The van der Waals surface area contributed by atoms with Crippen LogP contribution in [0.5, 0.6) is 0 Å². The number of halogens is 4. The lowest BCUT2D eigenvalue weighted by Crippen LogP contribution is -2.54. The van der Waals surface area contributed by atoms with E-state index in [0.717, 1.165) is 12.1 Å². The summed E-state index contributed by atoms with van der Waals surface area (Å²) in [5.74, 6) is -0.495. The van der Waals surface area contributed by atoms with Gasteiger partial charge in [0.05, 0.1) is 23.2 Å². The fourth-order valence-corrected chi connectivity index (χ4v) is 3.21. The molecule has 1 aromatic rings. The number of nitrogens with one attached hydrogen (secondary N) is 2. The molecule has 1 aliphatic rings. The first-order valence-electron chi connectivity index (χ1n) is 9.13. The van der Waals surface area contributed by atoms with Gasteiger partial charge in [0, 0.05) is 38.4 Å². The predicted molar refractivity (Wildman–Crippen MR) is 106 cm³/mol. The number of carbonyl (C=O) groups is 2. The maximum Gasteiger partial charge on any atom is 0.417 e. The molecule has 1 atom stereocenters. The third kappa shape index (κ3) is 6.73. The molecule has 1 aliphatic heterocycles. The highest BCUT2D eigenvalue weighted by molar-refractivity contribution is 6.31. The third-order valence-electron chi connectivity index (χ3n) is 4.68. The van der Waals surface area contributed by atoms with Crippen molar-refractivity contribution in [3.8, 4) is 0 Å². The van der Waals surface area contributed by atoms with E-state index in [1.165, 1.54) is 6.07 Å².